The molecule has 0 radical (unpaired) electrons. The molecule has 0 aliphatic carbocycles. The van der Waals surface area contributed by atoms with Crippen LogP contribution in [0.5, 0.6) is 0 Å². The molecule has 1 saturated heterocycles. The van der Waals surface area contributed by atoms with Gasteiger partial charge in [-0.2, -0.15) is 0 Å². The Morgan fingerprint density at radius 2 is 2.11 bits per heavy atom. The number of hydrogen-bond acceptors (Lipinski definition) is 3. The van der Waals surface area contributed by atoms with Crippen LogP contribution in [0.15, 0.2) is 18.2 Å². The molecule has 1 N–H and O–H groups in total. The number of hydrogen-bond donors (Lipinski definition) is 1. The van der Waals surface area contributed by atoms with Crippen LogP contribution in [0.25, 0.3) is 0 Å². The van der Waals surface area contributed by atoms with Crippen molar-refractivity contribution >= 4 is 11.4 Å². The van der Waals surface area contributed by atoms with Crippen molar-refractivity contribution in [1.29, 1.82) is 0 Å². The fraction of sp³-hybridized carbons (Fsp3) is 0.571. The Bertz CT molecular complexity index is 378. The molecule has 100 valence electrons. The zero-order valence-corrected chi connectivity index (χ0v) is 10.9. The predicted molar refractivity (Wildman–Crippen MR) is 72.8 cm³/mol. The molecule has 2 rings (SSSR count). The summed E-state index contributed by atoms with van der Waals surface area (Å²) in [4.78, 5) is 2.25. The van der Waals surface area contributed by atoms with E-state index >= 15 is 0 Å². The molecule has 1 aromatic carbocycles. The van der Waals surface area contributed by atoms with Gasteiger partial charge >= 0.3 is 0 Å². The van der Waals surface area contributed by atoms with Crippen molar-refractivity contribution in [3.63, 3.8) is 0 Å². The van der Waals surface area contributed by atoms with Crippen molar-refractivity contribution in [1.82, 2.24) is 0 Å². The summed E-state index contributed by atoms with van der Waals surface area (Å²) in [5.74, 6) is -0.167. The first-order valence-electron chi connectivity index (χ1n) is 6.58. The van der Waals surface area contributed by atoms with E-state index in [9.17, 15) is 4.39 Å². The van der Waals surface area contributed by atoms with E-state index < -0.39 is 0 Å². The Kier molecular flexibility index (Phi) is 4.81. The first kappa shape index (κ1) is 13.1. The van der Waals surface area contributed by atoms with Gasteiger partial charge in [0.05, 0.1) is 11.4 Å². The Labute approximate surface area is 108 Å². The molecule has 0 unspecified atom stereocenters. The van der Waals surface area contributed by atoms with Crippen LogP contribution >= 0.6 is 0 Å². The maximum atomic E-state index is 13.4. The first-order chi connectivity index (χ1) is 8.81. The Hall–Kier alpha value is -1.29. The van der Waals surface area contributed by atoms with Gasteiger partial charge in [0.1, 0.15) is 5.82 Å². The SMILES string of the molecule is COCCCNc1ccc(F)cc1N1CCCC1. The summed E-state index contributed by atoms with van der Waals surface area (Å²) in [6.45, 7) is 3.64. The van der Waals surface area contributed by atoms with Crippen molar-refractivity contribution in [2.45, 2.75) is 19.3 Å². The highest BCUT2D eigenvalue weighted by Crippen LogP contribution is 2.29. The van der Waals surface area contributed by atoms with E-state index in [0.29, 0.717) is 0 Å². The van der Waals surface area contributed by atoms with Gasteiger partial charge in [-0.15, -0.1) is 0 Å². The molecule has 0 bridgehead atoms. The van der Waals surface area contributed by atoms with Crippen LogP contribution in [0.2, 0.25) is 0 Å². The third-order valence-electron chi connectivity index (χ3n) is 3.25. The molecule has 1 aliphatic rings. The summed E-state index contributed by atoms with van der Waals surface area (Å²) in [5, 5.41) is 3.36. The topological polar surface area (TPSA) is 24.5 Å². The zero-order valence-electron chi connectivity index (χ0n) is 10.9. The van der Waals surface area contributed by atoms with Crippen molar-refractivity contribution in [3.8, 4) is 0 Å². The van der Waals surface area contributed by atoms with E-state index in [2.05, 4.69) is 10.2 Å². The minimum absolute atomic E-state index is 0.167. The van der Waals surface area contributed by atoms with Gasteiger partial charge in [-0.1, -0.05) is 0 Å². The summed E-state index contributed by atoms with van der Waals surface area (Å²) in [7, 11) is 1.70. The van der Waals surface area contributed by atoms with Crippen LogP contribution in [0.4, 0.5) is 15.8 Å². The van der Waals surface area contributed by atoms with Gasteiger partial charge in [0, 0.05) is 33.4 Å². The second-order valence-electron chi connectivity index (χ2n) is 4.63. The third-order valence-corrected chi connectivity index (χ3v) is 3.25. The summed E-state index contributed by atoms with van der Waals surface area (Å²) in [5.41, 5.74) is 2.01. The highest BCUT2D eigenvalue weighted by molar-refractivity contribution is 5.70. The lowest BCUT2D eigenvalue weighted by molar-refractivity contribution is 0.198. The van der Waals surface area contributed by atoms with Gasteiger partial charge in [0.25, 0.3) is 0 Å². The molecular weight excluding hydrogens is 231 g/mol. The minimum Gasteiger partial charge on any atom is -0.385 e. The van der Waals surface area contributed by atoms with Crippen LogP contribution in [0.1, 0.15) is 19.3 Å². The second kappa shape index (κ2) is 6.59. The molecule has 0 saturated carbocycles. The maximum absolute atomic E-state index is 13.4. The van der Waals surface area contributed by atoms with E-state index in [1.807, 2.05) is 6.07 Å². The molecule has 0 spiro atoms. The van der Waals surface area contributed by atoms with Crippen LogP contribution in [0.3, 0.4) is 0 Å². The lowest BCUT2D eigenvalue weighted by atomic mass is 10.2. The maximum Gasteiger partial charge on any atom is 0.125 e. The zero-order chi connectivity index (χ0) is 12.8. The number of nitrogens with one attached hydrogen (secondary N) is 1. The molecule has 4 heteroatoms. The smallest absolute Gasteiger partial charge is 0.125 e. The Morgan fingerprint density at radius 1 is 1.33 bits per heavy atom. The lowest BCUT2D eigenvalue weighted by Gasteiger charge is -2.22. The summed E-state index contributed by atoms with van der Waals surface area (Å²) < 4.78 is 18.4. The molecule has 3 nitrogen and oxygen atoms in total. The summed E-state index contributed by atoms with van der Waals surface area (Å²) in [6, 6.07) is 4.97. The van der Waals surface area contributed by atoms with E-state index in [0.717, 1.165) is 44.0 Å². The number of benzene rings is 1. The van der Waals surface area contributed by atoms with E-state index in [-0.39, 0.29) is 5.82 Å². The lowest BCUT2D eigenvalue weighted by Crippen LogP contribution is -2.20. The van der Waals surface area contributed by atoms with Gasteiger partial charge in [-0.25, -0.2) is 4.39 Å². The summed E-state index contributed by atoms with van der Waals surface area (Å²) in [6.07, 6.45) is 3.34. The first-order valence-corrected chi connectivity index (χ1v) is 6.58. The summed E-state index contributed by atoms with van der Waals surface area (Å²) >= 11 is 0. The molecule has 0 atom stereocenters. The average Bonchev–Trinajstić information content (AvgIpc) is 2.90. The number of ether oxygens (including phenoxy) is 1. The number of methoxy groups -OCH3 is 1. The molecule has 0 amide bonds. The largest absolute Gasteiger partial charge is 0.385 e. The van der Waals surface area contributed by atoms with Gasteiger partial charge in [0.15, 0.2) is 0 Å². The van der Waals surface area contributed by atoms with E-state index in [1.54, 1.807) is 13.2 Å². The fourth-order valence-corrected chi connectivity index (χ4v) is 2.31. The van der Waals surface area contributed by atoms with Crippen molar-refractivity contribution in [3.05, 3.63) is 24.0 Å². The molecule has 0 aromatic heterocycles. The number of nitrogens with zero attached hydrogens (tertiary/aromatic N) is 1. The highest BCUT2D eigenvalue weighted by Gasteiger charge is 2.16. The molecule has 1 aliphatic heterocycles. The third kappa shape index (κ3) is 3.35. The molecule has 18 heavy (non-hydrogen) atoms. The van der Waals surface area contributed by atoms with Gasteiger partial charge < -0.3 is 15.0 Å². The Morgan fingerprint density at radius 3 is 2.83 bits per heavy atom. The van der Waals surface area contributed by atoms with E-state index in [4.69, 9.17) is 4.74 Å². The van der Waals surface area contributed by atoms with E-state index in [1.165, 1.54) is 18.9 Å². The molecule has 1 heterocycles. The van der Waals surface area contributed by atoms with Crippen LogP contribution in [0, 0.1) is 5.82 Å². The second-order valence-corrected chi connectivity index (χ2v) is 4.63. The fourth-order valence-electron chi connectivity index (χ4n) is 2.31. The highest BCUT2D eigenvalue weighted by atomic mass is 19.1. The monoisotopic (exact) mass is 252 g/mol. The van der Waals surface area contributed by atoms with Crippen molar-refractivity contribution < 1.29 is 9.13 Å². The normalized spacial score (nSPS) is 15.1. The predicted octanol–water partition coefficient (Wildman–Crippen LogP) is 2.87. The molecule has 1 fully saturated rings. The van der Waals surface area contributed by atoms with Gasteiger partial charge in [0.2, 0.25) is 0 Å². The van der Waals surface area contributed by atoms with Gasteiger partial charge in [-0.3, -0.25) is 0 Å². The minimum atomic E-state index is -0.167. The van der Waals surface area contributed by atoms with Crippen LogP contribution in [-0.4, -0.2) is 33.4 Å². The molecular formula is C14H21FN2O. The number of rotatable bonds is 6. The standard InChI is InChI=1S/C14H21FN2O/c1-18-10-4-7-16-13-6-5-12(15)11-14(13)17-8-2-3-9-17/h5-6,11,16H,2-4,7-10H2,1H3. The van der Waals surface area contributed by atoms with Crippen LogP contribution < -0.4 is 10.2 Å². The van der Waals surface area contributed by atoms with Crippen molar-refractivity contribution in [2.24, 2.45) is 0 Å². The van der Waals surface area contributed by atoms with Crippen molar-refractivity contribution in [2.75, 3.05) is 43.6 Å². The Balaban J connectivity index is 2.03. The number of anilines is 2. The number of halogens is 1. The quantitative estimate of drug-likeness (QED) is 0.788. The molecule has 1 aromatic rings. The van der Waals surface area contributed by atoms with Gasteiger partial charge in [-0.05, 0) is 37.5 Å². The average molecular weight is 252 g/mol. The van der Waals surface area contributed by atoms with Crippen LogP contribution in [-0.2, 0) is 4.74 Å².